The van der Waals surface area contributed by atoms with Gasteiger partial charge in [-0.1, -0.05) is 43.3 Å². The molecule has 7 heteroatoms. The van der Waals surface area contributed by atoms with Crippen LogP contribution < -0.4 is 4.74 Å². The Balaban J connectivity index is 1.34. The van der Waals surface area contributed by atoms with Gasteiger partial charge in [-0.25, -0.2) is 9.80 Å². The van der Waals surface area contributed by atoms with Crippen molar-refractivity contribution in [1.82, 2.24) is 14.9 Å². The van der Waals surface area contributed by atoms with Crippen LogP contribution in [0, 0.1) is 5.92 Å². The molecule has 0 saturated carbocycles. The van der Waals surface area contributed by atoms with Crippen LogP contribution in [0.2, 0.25) is 0 Å². The van der Waals surface area contributed by atoms with Crippen LogP contribution in [0.25, 0.3) is 10.8 Å². The highest BCUT2D eigenvalue weighted by Gasteiger charge is 2.41. The average Bonchev–Trinajstić information content (AvgIpc) is 3.57. The highest BCUT2D eigenvalue weighted by atomic mass is 16.5. The number of ether oxygens (including phenoxy) is 2. The molecule has 2 aromatic carbocycles. The number of carboxylic acid groups (broad SMARTS) is 1. The second kappa shape index (κ2) is 11.2. The van der Waals surface area contributed by atoms with Crippen molar-refractivity contribution in [2.24, 2.45) is 5.92 Å². The minimum atomic E-state index is -0.953. The average molecular weight is 556 g/mol. The fourth-order valence-electron chi connectivity index (χ4n) is 6.87. The maximum Gasteiger partial charge on any atom is 0.426 e. The Morgan fingerprint density at radius 1 is 1.10 bits per heavy atom. The molecule has 216 valence electrons. The first-order valence-electron chi connectivity index (χ1n) is 15.0. The molecule has 1 saturated heterocycles. The SMILES string of the molecule is C/C1=C(\C)C(C)CN2CCC3=C2/C(=C2/CN(C(=O)O)N(C(C)CCOc4cccc5ccccc45)/C2=C/O1)CCC3. The van der Waals surface area contributed by atoms with E-state index in [1.165, 1.54) is 27.4 Å². The quantitative estimate of drug-likeness (QED) is 0.413. The summed E-state index contributed by atoms with van der Waals surface area (Å²) in [6.45, 7) is 11.3. The molecule has 41 heavy (non-hydrogen) atoms. The fraction of sp³-hybridized carbons (Fsp3) is 0.441. The Bertz CT molecular complexity index is 1480. The van der Waals surface area contributed by atoms with Crippen LogP contribution in [0.1, 0.15) is 59.8 Å². The summed E-state index contributed by atoms with van der Waals surface area (Å²) in [5, 5.41) is 16.0. The normalized spacial score (nSPS) is 26.7. The number of fused-ring (bicyclic) bond motifs is 2. The Morgan fingerprint density at radius 3 is 2.73 bits per heavy atom. The van der Waals surface area contributed by atoms with E-state index in [4.69, 9.17) is 9.47 Å². The van der Waals surface area contributed by atoms with Crippen molar-refractivity contribution in [3.8, 4) is 5.75 Å². The van der Waals surface area contributed by atoms with Gasteiger partial charge in [-0.05, 0) is 80.5 Å². The summed E-state index contributed by atoms with van der Waals surface area (Å²) in [5.74, 6) is 2.09. The molecule has 6 rings (SSSR count). The van der Waals surface area contributed by atoms with Gasteiger partial charge in [0, 0.05) is 36.2 Å². The van der Waals surface area contributed by atoms with Crippen LogP contribution in [-0.4, -0.2) is 58.4 Å². The van der Waals surface area contributed by atoms with Crippen molar-refractivity contribution in [3.05, 3.63) is 88.2 Å². The second-order valence-corrected chi connectivity index (χ2v) is 11.9. The summed E-state index contributed by atoms with van der Waals surface area (Å²) >= 11 is 0. The van der Waals surface area contributed by atoms with E-state index in [1.54, 1.807) is 6.26 Å². The summed E-state index contributed by atoms with van der Waals surface area (Å²) < 4.78 is 12.6. The van der Waals surface area contributed by atoms with Gasteiger partial charge in [0.15, 0.2) is 0 Å². The van der Waals surface area contributed by atoms with Gasteiger partial charge in [0.1, 0.15) is 12.0 Å². The Labute approximate surface area is 243 Å². The predicted molar refractivity (Wildman–Crippen MR) is 161 cm³/mol. The molecule has 2 aromatic rings. The van der Waals surface area contributed by atoms with Crippen molar-refractivity contribution in [2.75, 3.05) is 26.2 Å². The van der Waals surface area contributed by atoms with Crippen molar-refractivity contribution >= 4 is 16.9 Å². The lowest BCUT2D eigenvalue weighted by Gasteiger charge is -2.33. The third-order valence-corrected chi connectivity index (χ3v) is 9.33. The Morgan fingerprint density at radius 2 is 1.90 bits per heavy atom. The third-order valence-electron chi connectivity index (χ3n) is 9.33. The number of nitrogens with zero attached hydrogens (tertiary/aromatic N) is 3. The number of rotatable bonds is 5. The molecule has 3 aliphatic heterocycles. The molecule has 1 fully saturated rings. The molecular weight excluding hydrogens is 514 g/mol. The lowest BCUT2D eigenvalue weighted by atomic mass is 9.88. The lowest BCUT2D eigenvalue weighted by molar-refractivity contribution is 0.0154. The van der Waals surface area contributed by atoms with Gasteiger partial charge in [0.2, 0.25) is 0 Å². The Hall–Kier alpha value is -3.87. The maximum absolute atomic E-state index is 12.7. The summed E-state index contributed by atoms with van der Waals surface area (Å²) in [6, 6.07) is 14.2. The fourth-order valence-corrected chi connectivity index (χ4v) is 6.87. The zero-order valence-electron chi connectivity index (χ0n) is 24.7. The van der Waals surface area contributed by atoms with Gasteiger partial charge in [-0.3, -0.25) is 5.01 Å². The maximum atomic E-state index is 12.7. The zero-order valence-corrected chi connectivity index (χ0v) is 24.7. The standard InChI is InChI=1S/C34H41N3O4/c1-22-19-35-17-15-27-11-7-13-29(33(27)35)30-20-36(34(38)39)37(31(30)21-41-25(4)24(22)3)23(2)16-18-40-32-14-8-10-26-9-5-6-12-28(26)32/h5-6,8-10,12,14,21-23H,7,11,13,15-20H2,1-4H3,(H,38,39)/b25-24-,30-29-,31-21+. The molecule has 1 amide bonds. The summed E-state index contributed by atoms with van der Waals surface area (Å²) in [5.41, 5.74) is 7.36. The van der Waals surface area contributed by atoms with Crippen molar-refractivity contribution in [2.45, 2.75) is 65.8 Å². The molecule has 0 aromatic heterocycles. The molecule has 2 atom stereocenters. The number of carbonyl (C=O) groups is 1. The van der Waals surface area contributed by atoms with E-state index < -0.39 is 6.09 Å². The highest BCUT2D eigenvalue weighted by molar-refractivity contribution is 5.88. The smallest absolute Gasteiger partial charge is 0.426 e. The minimum absolute atomic E-state index is 0.125. The van der Waals surface area contributed by atoms with E-state index >= 15 is 0 Å². The van der Waals surface area contributed by atoms with Crippen molar-refractivity contribution in [3.63, 3.8) is 0 Å². The molecule has 7 nitrogen and oxygen atoms in total. The van der Waals surface area contributed by atoms with Crippen LogP contribution in [0.5, 0.6) is 5.75 Å². The number of allylic oxidation sites excluding steroid dienone is 2. The molecule has 2 unspecified atom stereocenters. The highest BCUT2D eigenvalue weighted by Crippen LogP contribution is 2.45. The van der Waals surface area contributed by atoms with Gasteiger partial charge >= 0.3 is 6.09 Å². The zero-order chi connectivity index (χ0) is 28.7. The van der Waals surface area contributed by atoms with Crippen LogP contribution in [0.4, 0.5) is 4.79 Å². The summed E-state index contributed by atoms with van der Waals surface area (Å²) in [4.78, 5) is 15.2. The van der Waals surface area contributed by atoms with Gasteiger partial charge < -0.3 is 19.5 Å². The first-order valence-corrected chi connectivity index (χ1v) is 15.0. The minimum Gasteiger partial charge on any atom is -0.493 e. The number of amides is 1. The molecule has 0 radical (unpaired) electrons. The van der Waals surface area contributed by atoms with Crippen LogP contribution in [-0.2, 0) is 4.74 Å². The summed E-state index contributed by atoms with van der Waals surface area (Å²) in [6.07, 6.45) is 5.80. The van der Waals surface area contributed by atoms with Crippen molar-refractivity contribution < 1.29 is 19.4 Å². The number of hydrazine groups is 1. The van der Waals surface area contributed by atoms with Crippen LogP contribution in [0.3, 0.4) is 0 Å². The second-order valence-electron chi connectivity index (χ2n) is 11.9. The molecule has 4 aliphatic rings. The van der Waals surface area contributed by atoms with Gasteiger partial charge in [0.25, 0.3) is 0 Å². The van der Waals surface area contributed by atoms with E-state index in [0.717, 1.165) is 72.3 Å². The molecule has 1 aliphatic carbocycles. The molecular formula is C34H41N3O4. The monoisotopic (exact) mass is 555 g/mol. The predicted octanol–water partition coefficient (Wildman–Crippen LogP) is 7.45. The molecule has 3 heterocycles. The largest absolute Gasteiger partial charge is 0.493 e. The van der Waals surface area contributed by atoms with Gasteiger partial charge in [0.05, 0.1) is 30.6 Å². The lowest BCUT2D eigenvalue weighted by Crippen LogP contribution is -2.45. The number of hydrogen-bond donors (Lipinski definition) is 1. The number of hydrogen-bond acceptors (Lipinski definition) is 5. The van der Waals surface area contributed by atoms with Gasteiger partial charge in [-0.2, -0.15) is 0 Å². The summed E-state index contributed by atoms with van der Waals surface area (Å²) in [7, 11) is 0. The van der Waals surface area contributed by atoms with E-state index in [-0.39, 0.29) is 6.04 Å². The van der Waals surface area contributed by atoms with E-state index in [0.29, 0.717) is 25.5 Å². The van der Waals surface area contributed by atoms with Crippen LogP contribution >= 0.6 is 0 Å². The molecule has 0 bridgehead atoms. The first kappa shape index (κ1) is 27.3. The first-order chi connectivity index (χ1) is 19.8. The van der Waals surface area contributed by atoms with Crippen molar-refractivity contribution in [1.29, 1.82) is 0 Å². The van der Waals surface area contributed by atoms with Crippen LogP contribution in [0.15, 0.2) is 88.2 Å². The Kier molecular flexibility index (Phi) is 7.45. The molecule has 0 spiro atoms. The molecule has 1 N–H and O–H groups in total. The van der Waals surface area contributed by atoms with Gasteiger partial charge in [-0.15, -0.1) is 0 Å². The number of benzene rings is 2. The van der Waals surface area contributed by atoms with E-state index in [9.17, 15) is 9.90 Å². The third kappa shape index (κ3) is 5.07. The van der Waals surface area contributed by atoms with E-state index in [2.05, 4.69) is 43.9 Å². The topological polar surface area (TPSA) is 65.5 Å². The van der Waals surface area contributed by atoms with E-state index in [1.807, 2.05) is 36.2 Å².